The van der Waals surface area contributed by atoms with E-state index in [-0.39, 0.29) is 6.61 Å². The minimum Gasteiger partial charge on any atom is -0.392 e. The molecule has 0 bridgehead atoms. The molecule has 1 aliphatic carbocycles. The van der Waals surface area contributed by atoms with Crippen LogP contribution in [0.3, 0.4) is 0 Å². The van der Waals surface area contributed by atoms with E-state index in [1.807, 2.05) is 6.08 Å². The monoisotopic (exact) mass is 256 g/mol. The molecule has 0 aromatic heterocycles. The summed E-state index contributed by atoms with van der Waals surface area (Å²) < 4.78 is 0. The fourth-order valence-electron chi connectivity index (χ4n) is 2.89. The molecule has 1 heteroatoms. The Labute approximate surface area is 116 Å². The first kappa shape index (κ1) is 14.1. The molecule has 1 N–H and O–H groups in total. The topological polar surface area (TPSA) is 20.2 Å². The first-order chi connectivity index (χ1) is 9.20. The third-order valence-corrected chi connectivity index (χ3v) is 4.00. The van der Waals surface area contributed by atoms with Gasteiger partial charge >= 0.3 is 0 Å². The van der Waals surface area contributed by atoms with Gasteiger partial charge in [-0.15, -0.1) is 0 Å². The number of hydrogen-bond acceptors (Lipinski definition) is 1. The Morgan fingerprint density at radius 3 is 2.63 bits per heavy atom. The second-order valence-corrected chi connectivity index (χ2v) is 5.67. The zero-order chi connectivity index (χ0) is 13.7. The molecule has 1 nitrogen and oxygen atoms in total. The van der Waals surface area contributed by atoms with Crippen LogP contribution in [0.4, 0.5) is 0 Å². The number of hydrogen-bond donors (Lipinski definition) is 1. The summed E-state index contributed by atoms with van der Waals surface area (Å²) in [5.41, 5.74) is 5.89. The van der Waals surface area contributed by atoms with Crippen LogP contribution in [0.5, 0.6) is 0 Å². The second-order valence-electron chi connectivity index (χ2n) is 5.67. The third-order valence-electron chi connectivity index (χ3n) is 4.00. The highest BCUT2D eigenvalue weighted by Crippen LogP contribution is 2.27. The maximum absolute atomic E-state index is 8.96. The van der Waals surface area contributed by atoms with Crippen molar-refractivity contribution in [3.05, 3.63) is 58.7 Å². The molecule has 0 saturated carbocycles. The number of rotatable bonds is 2. The van der Waals surface area contributed by atoms with Crippen molar-refractivity contribution < 1.29 is 5.11 Å². The van der Waals surface area contributed by atoms with E-state index in [0.717, 1.165) is 25.7 Å². The number of allylic oxidation sites excluding steroid dienone is 3. The van der Waals surface area contributed by atoms with Gasteiger partial charge < -0.3 is 5.11 Å². The zero-order valence-corrected chi connectivity index (χ0v) is 12.0. The van der Waals surface area contributed by atoms with Crippen molar-refractivity contribution in [2.75, 3.05) is 6.61 Å². The van der Waals surface area contributed by atoms with E-state index in [4.69, 9.17) is 5.11 Å². The SMILES string of the molecule is C/C1=C(\C=C/CO)CC(C)Cc2ccccc2CC1. The smallest absolute Gasteiger partial charge is 0.0615 e. The number of fused-ring (bicyclic) bond motifs is 1. The molecule has 19 heavy (non-hydrogen) atoms. The molecule has 1 aliphatic rings. The van der Waals surface area contributed by atoms with Crippen LogP contribution in [0, 0.1) is 5.92 Å². The summed E-state index contributed by atoms with van der Waals surface area (Å²) >= 11 is 0. The van der Waals surface area contributed by atoms with E-state index in [1.54, 1.807) is 0 Å². The van der Waals surface area contributed by atoms with Crippen molar-refractivity contribution in [1.82, 2.24) is 0 Å². The molecule has 102 valence electrons. The highest BCUT2D eigenvalue weighted by atomic mass is 16.2. The first-order valence-electron chi connectivity index (χ1n) is 7.23. The van der Waals surface area contributed by atoms with Gasteiger partial charge in [0.15, 0.2) is 0 Å². The van der Waals surface area contributed by atoms with E-state index in [1.165, 1.54) is 22.3 Å². The molecule has 1 aromatic rings. The fourth-order valence-corrected chi connectivity index (χ4v) is 2.89. The summed E-state index contributed by atoms with van der Waals surface area (Å²) in [4.78, 5) is 0. The van der Waals surface area contributed by atoms with E-state index >= 15 is 0 Å². The van der Waals surface area contributed by atoms with Gasteiger partial charge in [-0.1, -0.05) is 48.9 Å². The largest absolute Gasteiger partial charge is 0.392 e. The standard InChI is InChI=1S/C18H24O/c1-14-12-17(8-5-11-19)15(2)9-10-16-6-3-4-7-18(16)13-14/h3-8,14,19H,9-13H2,1-2H3/b8-5-,17-15-. The minimum atomic E-state index is 0.130. The van der Waals surface area contributed by atoms with Crippen molar-refractivity contribution in [2.45, 2.75) is 39.5 Å². The van der Waals surface area contributed by atoms with Crippen LogP contribution in [0.15, 0.2) is 47.6 Å². The van der Waals surface area contributed by atoms with Crippen LogP contribution in [0.1, 0.15) is 37.8 Å². The quantitative estimate of drug-likeness (QED) is 0.845. The van der Waals surface area contributed by atoms with Crippen LogP contribution in [-0.4, -0.2) is 11.7 Å². The summed E-state index contributed by atoms with van der Waals surface area (Å²) in [6.45, 7) is 4.69. The summed E-state index contributed by atoms with van der Waals surface area (Å²) in [5.74, 6) is 0.646. The van der Waals surface area contributed by atoms with E-state index < -0.39 is 0 Å². The molecular weight excluding hydrogens is 232 g/mol. The predicted molar refractivity (Wildman–Crippen MR) is 81.2 cm³/mol. The molecule has 0 radical (unpaired) electrons. The Morgan fingerprint density at radius 1 is 1.16 bits per heavy atom. The first-order valence-corrected chi connectivity index (χ1v) is 7.23. The maximum Gasteiger partial charge on any atom is 0.0615 e. The van der Waals surface area contributed by atoms with Crippen molar-refractivity contribution in [3.63, 3.8) is 0 Å². The van der Waals surface area contributed by atoms with Gasteiger partial charge in [0.25, 0.3) is 0 Å². The summed E-state index contributed by atoms with van der Waals surface area (Å²) in [7, 11) is 0. The van der Waals surface area contributed by atoms with Gasteiger partial charge in [-0.2, -0.15) is 0 Å². The number of benzene rings is 1. The number of aryl methyl sites for hydroxylation is 1. The zero-order valence-electron chi connectivity index (χ0n) is 12.0. The molecule has 1 atom stereocenters. The van der Waals surface area contributed by atoms with Gasteiger partial charge in [0.05, 0.1) is 6.61 Å². The van der Waals surface area contributed by atoms with Gasteiger partial charge in [0.1, 0.15) is 0 Å². The average molecular weight is 256 g/mol. The Hall–Kier alpha value is -1.34. The highest BCUT2D eigenvalue weighted by molar-refractivity contribution is 5.32. The van der Waals surface area contributed by atoms with E-state index in [0.29, 0.717) is 5.92 Å². The molecule has 0 amide bonds. The average Bonchev–Trinajstić information content (AvgIpc) is 2.46. The lowest BCUT2D eigenvalue weighted by molar-refractivity contribution is 0.342. The van der Waals surface area contributed by atoms with Gasteiger partial charge in [-0.05, 0) is 55.2 Å². The van der Waals surface area contributed by atoms with Crippen molar-refractivity contribution in [1.29, 1.82) is 0 Å². The molecule has 0 spiro atoms. The minimum absolute atomic E-state index is 0.130. The second kappa shape index (κ2) is 6.72. The van der Waals surface area contributed by atoms with Gasteiger partial charge in [0.2, 0.25) is 0 Å². The maximum atomic E-state index is 8.96. The molecular formula is C18H24O. The fraction of sp³-hybridized carbons (Fsp3) is 0.444. The van der Waals surface area contributed by atoms with E-state index in [9.17, 15) is 0 Å². The molecule has 0 heterocycles. The Kier molecular flexibility index (Phi) is 4.98. The van der Waals surface area contributed by atoms with Crippen molar-refractivity contribution in [3.8, 4) is 0 Å². The molecule has 2 rings (SSSR count). The molecule has 0 fully saturated rings. The highest BCUT2D eigenvalue weighted by Gasteiger charge is 2.13. The van der Waals surface area contributed by atoms with Gasteiger partial charge in [0, 0.05) is 0 Å². The van der Waals surface area contributed by atoms with Crippen LogP contribution >= 0.6 is 0 Å². The molecule has 1 aromatic carbocycles. The summed E-state index contributed by atoms with van der Waals surface area (Å²) in [5, 5.41) is 8.96. The van der Waals surface area contributed by atoms with Crippen LogP contribution < -0.4 is 0 Å². The number of aliphatic hydroxyl groups is 1. The van der Waals surface area contributed by atoms with Gasteiger partial charge in [-0.3, -0.25) is 0 Å². The number of aliphatic hydroxyl groups excluding tert-OH is 1. The van der Waals surface area contributed by atoms with Crippen LogP contribution in [-0.2, 0) is 12.8 Å². The Bertz CT molecular complexity index is 482. The lowest BCUT2D eigenvalue weighted by Crippen LogP contribution is -2.02. The summed E-state index contributed by atoms with van der Waals surface area (Å²) in [6, 6.07) is 8.84. The van der Waals surface area contributed by atoms with E-state index in [2.05, 4.69) is 44.2 Å². The Morgan fingerprint density at radius 2 is 1.89 bits per heavy atom. The van der Waals surface area contributed by atoms with Crippen LogP contribution in [0.2, 0.25) is 0 Å². The molecule has 1 unspecified atom stereocenters. The normalized spacial score (nSPS) is 24.7. The lowest BCUT2D eigenvalue weighted by atomic mass is 9.92. The third kappa shape index (κ3) is 3.81. The predicted octanol–water partition coefficient (Wildman–Crippen LogP) is 4.07. The van der Waals surface area contributed by atoms with Crippen molar-refractivity contribution >= 4 is 0 Å². The van der Waals surface area contributed by atoms with Crippen molar-refractivity contribution in [2.24, 2.45) is 5.92 Å². The molecule has 0 saturated heterocycles. The Balaban J connectivity index is 2.26. The van der Waals surface area contributed by atoms with Gasteiger partial charge in [-0.25, -0.2) is 0 Å². The summed E-state index contributed by atoms with van der Waals surface area (Å²) in [6.07, 6.45) is 8.48. The van der Waals surface area contributed by atoms with Crippen LogP contribution in [0.25, 0.3) is 0 Å². The lowest BCUT2D eigenvalue weighted by Gasteiger charge is -2.14. The molecule has 0 aliphatic heterocycles.